The Morgan fingerprint density at radius 1 is 1.56 bits per heavy atom. The summed E-state index contributed by atoms with van der Waals surface area (Å²) in [5.74, 6) is 0. The Kier molecular flexibility index (Phi) is 2.42. The molecule has 0 radical (unpaired) electrons. The molecule has 0 spiro atoms. The van der Waals surface area contributed by atoms with Crippen molar-refractivity contribution in [2.24, 2.45) is 5.73 Å². The van der Waals surface area contributed by atoms with Crippen LogP contribution in [-0.4, -0.2) is 29.5 Å². The molecule has 1 aliphatic rings. The van der Waals surface area contributed by atoms with Gasteiger partial charge in [-0.25, -0.2) is 0 Å². The fraction of sp³-hybridized carbons (Fsp3) is 0.833. The van der Waals surface area contributed by atoms with Crippen LogP contribution in [0.15, 0.2) is 0 Å². The lowest BCUT2D eigenvalue weighted by molar-refractivity contribution is 0.187. The van der Waals surface area contributed by atoms with Crippen LogP contribution in [0.3, 0.4) is 0 Å². The number of hydrogen-bond donors (Lipinski definition) is 1. The van der Waals surface area contributed by atoms with E-state index in [0.717, 1.165) is 13.0 Å². The normalized spacial score (nSPS) is 19.1. The minimum Gasteiger partial charge on any atom is -0.393 e. The van der Waals surface area contributed by atoms with Crippen LogP contribution in [0.4, 0.5) is 0 Å². The Morgan fingerprint density at radius 2 is 2.22 bits per heavy atom. The van der Waals surface area contributed by atoms with E-state index >= 15 is 0 Å². The highest BCUT2D eigenvalue weighted by atomic mass is 32.1. The Labute approximate surface area is 61.0 Å². The number of rotatable bonds is 3. The molecule has 2 nitrogen and oxygen atoms in total. The van der Waals surface area contributed by atoms with Gasteiger partial charge in [-0.2, -0.15) is 0 Å². The van der Waals surface area contributed by atoms with E-state index in [2.05, 4.69) is 4.90 Å². The summed E-state index contributed by atoms with van der Waals surface area (Å²) in [6.45, 7) is 3.54. The monoisotopic (exact) mass is 144 g/mol. The molecule has 1 rings (SSSR count). The summed E-state index contributed by atoms with van der Waals surface area (Å²) in [4.78, 5) is 3.00. The van der Waals surface area contributed by atoms with Gasteiger partial charge in [0, 0.05) is 13.0 Å². The third kappa shape index (κ3) is 2.28. The largest absolute Gasteiger partial charge is 0.393 e. The number of hydrogen-bond acceptors (Lipinski definition) is 2. The van der Waals surface area contributed by atoms with E-state index in [9.17, 15) is 0 Å². The van der Waals surface area contributed by atoms with Crippen molar-refractivity contribution in [1.82, 2.24) is 4.90 Å². The third-order valence-corrected chi connectivity index (χ3v) is 1.83. The van der Waals surface area contributed by atoms with Gasteiger partial charge in [-0.3, -0.25) is 0 Å². The number of thiocarbonyl (C=S) groups is 1. The van der Waals surface area contributed by atoms with E-state index in [1.807, 2.05) is 0 Å². The van der Waals surface area contributed by atoms with E-state index in [0.29, 0.717) is 4.99 Å². The molecule has 0 bridgehead atoms. The van der Waals surface area contributed by atoms with Crippen LogP contribution in [0.1, 0.15) is 12.8 Å². The molecule has 0 aromatic rings. The van der Waals surface area contributed by atoms with Gasteiger partial charge >= 0.3 is 0 Å². The predicted octanol–water partition coefficient (Wildman–Crippen LogP) is 0.368. The van der Waals surface area contributed by atoms with Gasteiger partial charge in [0.05, 0.1) is 4.99 Å². The third-order valence-electron chi connectivity index (χ3n) is 1.62. The lowest BCUT2D eigenvalue weighted by Crippen LogP contribution is -2.38. The van der Waals surface area contributed by atoms with Crippen molar-refractivity contribution < 1.29 is 0 Å². The molecule has 1 aliphatic heterocycles. The van der Waals surface area contributed by atoms with Crippen LogP contribution in [0.25, 0.3) is 0 Å². The van der Waals surface area contributed by atoms with Crippen LogP contribution in [0.5, 0.6) is 0 Å². The highest BCUT2D eigenvalue weighted by Gasteiger charge is 2.12. The summed E-state index contributed by atoms with van der Waals surface area (Å²) in [5.41, 5.74) is 5.32. The van der Waals surface area contributed by atoms with E-state index in [-0.39, 0.29) is 0 Å². The van der Waals surface area contributed by atoms with Gasteiger partial charge < -0.3 is 10.6 Å². The van der Waals surface area contributed by atoms with Gasteiger partial charge in [0.2, 0.25) is 0 Å². The average Bonchev–Trinajstić information content (AvgIpc) is 1.60. The number of nitrogens with zero attached hydrogens (tertiary/aromatic N) is 1. The quantitative estimate of drug-likeness (QED) is 0.580. The Balaban J connectivity index is 1.97. The highest BCUT2D eigenvalue weighted by Crippen LogP contribution is 2.05. The van der Waals surface area contributed by atoms with Crippen LogP contribution < -0.4 is 5.73 Å². The summed E-state index contributed by atoms with van der Waals surface area (Å²) in [6.07, 6.45) is 2.23. The smallest absolute Gasteiger partial charge is 0.0740 e. The van der Waals surface area contributed by atoms with Crippen molar-refractivity contribution >= 4 is 17.2 Å². The SMILES string of the molecule is NC(=S)CCN1CCC1. The zero-order valence-electron chi connectivity index (χ0n) is 5.47. The van der Waals surface area contributed by atoms with Crippen LogP contribution in [0, 0.1) is 0 Å². The van der Waals surface area contributed by atoms with Crippen molar-refractivity contribution in [3.63, 3.8) is 0 Å². The van der Waals surface area contributed by atoms with Crippen molar-refractivity contribution in [2.45, 2.75) is 12.8 Å². The fourth-order valence-electron chi connectivity index (χ4n) is 0.874. The average molecular weight is 144 g/mol. The molecule has 0 saturated carbocycles. The van der Waals surface area contributed by atoms with Crippen LogP contribution >= 0.6 is 12.2 Å². The van der Waals surface area contributed by atoms with Gasteiger partial charge in [0.1, 0.15) is 0 Å². The molecule has 0 unspecified atom stereocenters. The maximum absolute atomic E-state index is 5.32. The molecule has 1 heterocycles. The molecule has 0 aromatic carbocycles. The molecule has 0 amide bonds. The molecule has 1 fully saturated rings. The number of nitrogens with two attached hydrogens (primary N) is 1. The molecule has 1 saturated heterocycles. The zero-order valence-corrected chi connectivity index (χ0v) is 6.28. The fourth-order valence-corrected chi connectivity index (χ4v) is 0.965. The van der Waals surface area contributed by atoms with Gasteiger partial charge in [0.25, 0.3) is 0 Å². The molecule has 2 N–H and O–H groups in total. The zero-order chi connectivity index (χ0) is 6.69. The first-order chi connectivity index (χ1) is 4.29. The maximum Gasteiger partial charge on any atom is 0.0740 e. The summed E-state index contributed by atoms with van der Waals surface area (Å²) in [7, 11) is 0. The summed E-state index contributed by atoms with van der Waals surface area (Å²) < 4.78 is 0. The predicted molar refractivity (Wildman–Crippen MR) is 42.5 cm³/mol. The second kappa shape index (κ2) is 3.13. The van der Waals surface area contributed by atoms with Crippen LogP contribution in [0.2, 0.25) is 0 Å². The second-order valence-corrected chi connectivity index (χ2v) is 2.94. The molecule has 0 atom stereocenters. The lowest BCUT2D eigenvalue weighted by Gasteiger charge is -2.30. The van der Waals surface area contributed by atoms with Crippen molar-refractivity contribution in [2.75, 3.05) is 19.6 Å². The van der Waals surface area contributed by atoms with E-state index in [1.165, 1.54) is 19.5 Å². The molecule has 9 heavy (non-hydrogen) atoms. The first-order valence-electron chi connectivity index (χ1n) is 3.30. The van der Waals surface area contributed by atoms with Crippen LogP contribution in [-0.2, 0) is 0 Å². The minimum atomic E-state index is 0.641. The highest BCUT2D eigenvalue weighted by molar-refractivity contribution is 7.80. The lowest BCUT2D eigenvalue weighted by atomic mass is 10.2. The van der Waals surface area contributed by atoms with Crippen molar-refractivity contribution in [1.29, 1.82) is 0 Å². The first-order valence-corrected chi connectivity index (χ1v) is 3.70. The molecule has 3 heteroatoms. The van der Waals surface area contributed by atoms with Gasteiger partial charge in [0.15, 0.2) is 0 Å². The maximum atomic E-state index is 5.32. The van der Waals surface area contributed by atoms with E-state index in [1.54, 1.807) is 0 Å². The Morgan fingerprint density at radius 3 is 2.56 bits per heavy atom. The van der Waals surface area contributed by atoms with E-state index in [4.69, 9.17) is 18.0 Å². The molecule has 0 aromatic heterocycles. The van der Waals surface area contributed by atoms with Gasteiger partial charge in [-0.1, -0.05) is 12.2 Å². The van der Waals surface area contributed by atoms with Gasteiger partial charge in [-0.05, 0) is 19.5 Å². The molecular weight excluding hydrogens is 132 g/mol. The molecule has 0 aliphatic carbocycles. The minimum absolute atomic E-state index is 0.641. The van der Waals surface area contributed by atoms with Crippen molar-refractivity contribution in [3.05, 3.63) is 0 Å². The second-order valence-electron chi connectivity index (χ2n) is 2.41. The van der Waals surface area contributed by atoms with Crippen molar-refractivity contribution in [3.8, 4) is 0 Å². The summed E-state index contributed by atoms with van der Waals surface area (Å²) in [6, 6.07) is 0. The Hall–Kier alpha value is -0.150. The Bertz CT molecular complexity index is 110. The standard InChI is InChI=1S/C6H12N2S/c7-6(9)2-5-8-3-1-4-8/h1-5H2,(H2,7,9). The van der Waals surface area contributed by atoms with E-state index < -0.39 is 0 Å². The topological polar surface area (TPSA) is 29.3 Å². The first kappa shape index (κ1) is 6.96. The molecule has 52 valence electrons. The summed E-state index contributed by atoms with van der Waals surface area (Å²) in [5, 5.41) is 0. The van der Waals surface area contributed by atoms with Gasteiger partial charge in [-0.15, -0.1) is 0 Å². The molecular formula is C6H12N2S. The number of likely N-dealkylation sites (tertiary alicyclic amines) is 1. The summed E-state index contributed by atoms with van der Waals surface area (Å²) >= 11 is 4.74.